The first-order chi connectivity index (χ1) is 8.67. The molecule has 1 fully saturated rings. The topological polar surface area (TPSA) is 51.1 Å². The molecule has 5 nitrogen and oxygen atoms in total. The summed E-state index contributed by atoms with van der Waals surface area (Å²) in [5.41, 5.74) is 0. The van der Waals surface area contributed by atoms with Gasteiger partial charge in [0.05, 0.1) is 19.8 Å². The van der Waals surface area contributed by atoms with Crippen molar-refractivity contribution in [2.24, 2.45) is 11.0 Å². The van der Waals surface area contributed by atoms with Crippen molar-refractivity contribution >= 4 is 12.2 Å². The number of hydrogen-bond donors (Lipinski definition) is 0. The van der Waals surface area contributed by atoms with Crippen LogP contribution in [0.4, 0.5) is 0 Å². The summed E-state index contributed by atoms with van der Waals surface area (Å²) in [7, 11) is 3.14. The average Bonchev–Trinajstić information content (AvgIpc) is 2.77. The first kappa shape index (κ1) is 15.0. The van der Waals surface area contributed by atoms with Crippen LogP contribution in [0.25, 0.3) is 0 Å². The molecule has 0 bridgehead atoms. The summed E-state index contributed by atoms with van der Waals surface area (Å²) in [6.07, 6.45) is 5.46. The normalized spacial score (nSPS) is 21.5. The summed E-state index contributed by atoms with van der Waals surface area (Å²) in [6.45, 7) is 3.75. The third kappa shape index (κ3) is 5.04. The highest BCUT2D eigenvalue weighted by Crippen LogP contribution is 2.17. The number of hydrogen-bond acceptors (Lipinski definition) is 5. The van der Waals surface area contributed by atoms with Gasteiger partial charge in [-0.05, 0) is 25.2 Å². The van der Waals surface area contributed by atoms with Gasteiger partial charge in [0.15, 0.2) is 0 Å². The molecule has 0 spiro atoms. The van der Waals surface area contributed by atoms with Gasteiger partial charge in [-0.15, -0.1) is 0 Å². The minimum absolute atomic E-state index is 0.158. The van der Waals surface area contributed by atoms with Crippen molar-refractivity contribution in [1.29, 1.82) is 0 Å². The van der Waals surface area contributed by atoms with Crippen molar-refractivity contribution in [2.45, 2.75) is 38.6 Å². The van der Waals surface area contributed by atoms with Crippen molar-refractivity contribution in [3.63, 3.8) is 0 Å². The molecule has 1 aliphatic heterocycles. The molecule has 1 aliphatic rings. The molecule has 0 unspecified atom stereocenters. The van der Waals surface area contributed by atoms with Gasteiger partial charge >= 0.3 is 5.97 Å². The Morgan fingerprint density at radius 1 is 1.56 bits per heavy atom. The quantitative estimate of drug-likeness (QED) is 0.513. The molecule has 0 saturated carbocycles. The Labute approximate surface area is 109 Å². The Morgan fingerprint density at radius 2 is 2.33 bits per heavy atom. The molecule has 1 rings (SSSR count). The van der Waals surface area contributed by atoms with Crippen molar-refractivity contribution in [2.75, 3.05) is 27.4 Å². The smallest absolute Gasteiger partial charge is 0.305 e. The standard InChI is InChI=1S/C13H24N2O3/c1-11(9-13(16)18-3)6-7-14-15-8-4-5-12(15)10-17-2/h7,11-12H,4-6,8-10H2,1-3H3/b14-7+/t11-,12+/m1/s1. The van der Waals surface area contributed by atoms with E-state index in [1.807, 2.05) is 13.1 Å². The second-order valence-corrected chi connectivity index (χ2v) is 4.83. The van der Waals surface area contributed by atoms with Gasteiger partial charge in [-0.1, -0.05) is 6.92 Å². The first-order valence-corrected chi connectivity index (χ1v) is 6.52. The van der Waals surface area contributed by atoms with Crippen LogP contribution >= 0.6 is 0 Å². The highest BCUT2D eigenvalue weighted by Gasteiger charge is 2.22. The van der Waals surface area contributed by atoms with Crippen LogP contribution < -0.4 is 0 Å². The van der Waals surface area contributed by atoms with E-state index in [2.05, 4.69) is 14.8 Å². The van der Waals surface area contributed by atoms with Gasteiger partial charge in [0, 0.05) is 26.3 Å². The highest BCUT2D eigenvalue weighted by molar-refractivity contribution is 5.70. The molecule has 0 aliphatic carbocycles. The third-order valence-corrected chi connectivity index (χ3v) is 3.19. The number of carbonyl (C=O) groups excluding carboxylic acids is 1. The zero-order chi connectivity index (χ0) is 13.4. The monoisotopic (exact) mass is 256 g/mol. The Kier molecular flexibility index (Phi) is 6.72. The molecule has 2 atom stereocenters. The van der Waals surface area contributed by atoms with E-state index in [1.165, 1.54) is 13.5 Å². The van der Waals surface area contributed by atoms with E-state index in [4.69, 9.17) is 4.74 Å². The molecule has 5 heteroatoms. The fourth-order valence-electron chi connectivity index (χ4n) is 2.12. The van der Waals surface area contributed by atoms with Gasteiger partial charge in [0.25, 0.3) is 0 Å². The number of rotatable bonds is 7. The molecule has 18 heavy (non-hydrogen) atoms. The number of esters is 1. The Hall–Kier alpha value is -1.10. The van der Waals surface area contributed by atoms with Crippen LogP contribution in [0.2, 0.25) is 0 Å². The molecular weight excluding hydrogens is 232 g/mol. The van der Waals surface area contributed by atoms with Crippen molar-refractivity contribution in [3.8, 4) is 0 Å². The highest BCUT2D eigenvalue weighted by atomic mass is 16.5. The summed E-state index contributed by atoms with van der Waals surface area (Å²) in [5.74, 6) is 0.110. The number of ether oxygens (including phenoxy) is 2. The third-order valence-electron chi connectivity index (χ3n) is 3.19. The number of nitrogens with zero attached hydrogens (tertiary/aromatic N) is 2. The van der Waals surface area contributed by atoms with Crippen molar-refractivity contribution < 1.29 is 14.3 Å². The summed E-state index contributed by atoms with van der Waals surface area (Å²) in [4.78, 5) is 11.1. The second-order valence-electron chi connectivity index (χ2n) is 4.83. The molecule has 1 heterocycles. The largest absolute Gasteiger partial charge is 0.469 e. The number of hydrazone groups is 1. The van der Waals surface area contributed by atoms with Crippen LogP contribution in [-0.4, -0.2) is 50.6 Å². The predicted molar refractivity (Wildman–Crippen MR) is 70.5 cm³/mol. The van der Waals surface area contributed by atoms with Crippen LogP contribution in [0.3, 0.4) is 0 Å². The molecular formula is C13H24N2O3. The average molecular weight is 256 g/mol. The van der Waals surface area contributed by atoms with E-state index >= 15 is 0 Å². The molecule has 0 N–H and O–H groups in total. The van der Waals surface area contributed by atoms with E-state index in [-0.39, 0.29) is 11.9 Å². The lowest BCUT2D eigenvalue weighted by Gasteiger charge is -2.20. The molecule has 0 amide bonds. The number of methoxy groups -OCH3 is 2. The minimum Gasteiger partial charge on any atom is -0.469 e. The Bertz CT molecular complexity index is 281. The fourth-order valence-corrected chi connectivity index (χ4v) is 2.12. The maximum Gasteiger partial charge on any atom is 0.305 e. The Morgan fingerprint density at radius 3 is 3.00 bits per heavy atom. The fraction of sp³-hybridized carbons (Fsp3) is 0.846. The zero-order valence-electron chi connectivity index (χ0n) is 11.6. The second kappa shape index (κ2) is 8.08. The van der Waals surface area contributed by atoms with E-state index in [0.29, 0.717) is 12.5 Å². The van der Waals surface area contributed by atoms with Crippen LogP contribution in [-0.2, 0) is 14.3 Å². The molecule has 0 aromatic heterocycles. The molecule has 0 aromatic carbocycles. The van der Waals surface area contributed by atoms with Crippen molar-refractivity contribution in [3.05, 3.63) is 0 Å². The lowest BCUT2D eigenvalue weighted by atomic mass is 10.1. The molecule has 0 aromatic rings. The maximum atomic E-state index is 11.1. The van der Waals surface area contributed by atoms with Crippen LogP contribution in [0, 0.1) is 5.92 Å². The van der Waals surface area contributed by atoms with Gasteiger partial charge in [0.2, 0.25) is 0 Å². The summed E-state index contributed by atoms with van der Waals surface area (Å²) >= 11 is 0. The van der Waals surface area contributed by atoms with Crippen molar-refractivity contribution in [1.82, 2.24) is 5.01 Å². The zero-order valence-corrected chi connectivity index (χ0v) is 11.6. The summed E-state index contributed by atoms with van der Waals surface area (Å²) < 4.78 is 9.81. The van der Waals surface area contributed by atoms with E-state index < -0.39 is 0 Å². The van der Waals surface area contributed by atoms with Crippen LogP contribution in [0.1, 0.15) is 32.6 Å². The SMILES string of the molecule is COC[C@@H]1CCCN1/N=C/C[C@@H](C)CC(=O)OC. The van der Waals surface area contributed by atoms with E-state index in [0.717, 1.165) is 26.0 Å². The van der Waals surface area contributed by atoms with E-state index in [9.17, 15) is 4.79 Å². The maximum absolute atomic E-state index is 11.1. The Balaban J connectivity index is 2.28. The van der Waals surface area contributed by atoms with Gasteiger partial charge < -0.3 is 9.47 Å². The number of carbonyl (C=O) groups is 1. The first-order valence-electron chi connectivity index (χ1n) is 6.52. The van der Waals surface area contributed by atoms with E-state index in [1.54, 1.807) is 7.11 Å². The summed E-state index contributed by atoms with van der Waals surface area (Å²) in [6, 6.07) is 0.405. The van der Waals surface area contributed by atoms with Gasteiger partial charge in [-0.3, -0.25) is 9.80 Å². The van der Waals surface area contributed by atoms with Crippen LogP contribution in [0.5, 0.6) is 0 Å². The van der Waals surface area contributed by atoms with Gasteiger partial charge in [-0.25, -0.2) is 0 Å². The van der Waals surface area contributed by atoms with Gasteiger partial charge in [0.1, 0.15) is 0 Å². The molecule has 0 radical (unpaired) electrons. The molecule has 1 saturated heterocycles. The minimum atomic E-state index is -0.158. The van der Waals surface area contributed by atoms with Crippen LogP contribution in [0.15, 0.2) is 5.10 Å². The molecule has 104 valence electrons. The van der Waals surface area contributed by atoms with Gasteiger partial charge in [-0.2, -0.15) is 5.10 Å². The lowest BCUT2D eigenvalue weighted by molar-refractivity contribution is -0.141. The predicted octanol–water partition coefficient (Wildman–Crippen LogP) is 1.67. The summed E-state index contributed by atoms with van der Waals surface area (Å²) in [5, 5.41) is 6.56. The lowest BCUT2D eigenvalue weighted by Crippen LogP contribution is -2.28.